The van der Waals surface area contributed by atoms with Gasteiger partial charge in [0, 0.05) is 0 Å². The lowest BCUT2D eigenvalue weighted by Gasteiger charge is -2.10. The number of rotatable bonds is 2. The van der Waals surface area contributed by atoms with Gasteiger partial charge >= 0.3 is 12.1 Å². The van der Waals surface area contributed by atoms with Gasteiger partial charge in [-0.2, -0.15) is 18.4 Å². The van der Waals surface area contributed by atoms with E-state index in [1.807, 2.05) is 0 Å². The highest BCUT2D eigenvalue weighted by molar-refractivity contribution is 5.95. The van der Waals surface area contributed by atoms with Crippen LogP contribution in [0.15, 0.2) is 12.1 Å². The second-order valence-electron chi connectivity index (χ2n) is 3.28. The topological polar surface area (TPSA) is 93.2 Å². The number of esters is 1. The lowest BCUT2D eigenvalue weighted by atomic mass is 10.0. The van der Waals surface area contributed by atoms with Crippen LogP contribution in [-0.2, 0) is 10.9 Å². The van der Waals surface area contributed by atoms with Crippen LogP contribution >= 0.6 is 0 Å². The van der Waals surface area contributed by atoms with E-state index in [0.717, 1.165) is 7.11 Å². The molecule has 19 heavy (non-hydrogen) atoms. The monoisotopic (exact) mass is 274 g/mol. The lowest BCUT2D eigenvalue weighted by Crippen LogP contribution is -2.14. The number of nitriles is 1. The normalized spacial score (nSPS) is 10.7. The summed E-state index contributed by atoms with van der Waals surface area (Å²) < 4.78 is 42.3. The van der Waals surface area contributed by atoms with E-state index in [0.29, 0.717) is 12.1 Å². The second kappa shape index (κ2) is 4.93. The van der Waals surface area contributed by atoms with Crippen molar-refractivity contribution in [3.05, 3.63) is 38.9 Å². The van der Waals surface area contributed by atoms with Crippen molar-refractivity contribution < 1.29 is 27.6 Å². The number of nitro benzene ring substituents is 1. The molecule has 0 saturated carbocycles. The van der Waals surface area contributed by atoms with Crippen molar-refractivity contribution in [1.29, 1.82) is 5.26 Å². The van der Waals surface area contributed by atoms with Crippen molar-refractivity contribution in [3.8, 4) is 6.07 Å². The number of hydrogen-bond acceptors (Lipinski definition) is 5. The Kier molecular flexibility index (Phi) is 3.75. The van der Waals surface area contributed by atoms with Gasteiger partial charge in [-0.1, -0.05) is 0 Å². The van der Waals surface area contributed by atoms with Gasteiger partial charge in [0.05, 0.1) is 23.7 Å². The summed E-state index contributed by atoms with van der Waals surface area (Å²) >= 11 is 0. The maximum atomic E-state index is 12.7. The van der Waals surface area contributed by atoms with Crippen LogP contribution < -0.4 is 0 Å². The zero-order chi connectivity index (χ0) is 14.8. The van der Waals surface area contributed by atoms with Gasteiger partial charge in [0.25, 0.3) is 5.69 Å². The number of benzene rings is 1. The lowest BCUT2D eigenvalue weighted by molar-refractivity contribution is -0.388. The largest absolute Gasteiger partial charge is 0.465 e. The maximum absolute atomic E-state index is 12.7. The predicted octanol–water partition coefficient (Wildman–Crippen LogP) is 2.27. The molecule has 0 atom stereocenters. The Bertz CT molecular complexity index is 590. The molecule has 0 aliphatic heterocycles. The molecule has 0 unspecified atom stereocenters. The molecule has 0 spiro atoms. The van der Waals surface area contributed by atoms with Gasteiger partial charge in [0.2, 0.25) is 0 Å². The Morgan fingerprint density at radius 3 is 2.42 bits per heavy atom. The van der Waals surface area contributed by atoms with Gasteiger partial charge in [-0.3, -0.25) is 10.1 Å². The fourth-order valence-electron chi connectivity index (χ4n) is 1.38. The highest BCUT2D eigenvalue weighted by Gasteiger charge is 2.42. The van der Waals surface area contributed by atoms with Crippen molar-refractivity contribution in [1.82, 2.24) is 0 Å². The van der Waals surface area contributed by atoms with Crippen LogP contribution in [0.5, 0.6) is 0 Å². The summed E-state index contributed by atoms with van der Waals surface area (Å²) in [6, 6.07) is 2.38. The third kappa shape index (κ3) is 2.79. The van der Waals surface area contributed by atoms with E-state index in [-0.39, 0.29) is 0 Å². The molecule has 1 aromatic carbocycles. The highest BCUT2D eigenvalue weighted by Crippen LogP contribution is 2.39. The Hall–Kier alpha value is -2.63. The first kappa shape index (κ1) is 14.4. The number of ether oxygens (including phenoxy) is 1. The third-order valence-electron chi connectivity index (χ3n) is 2.13. The quantitative estimate of drug-likeness (QED) is 0.468. The molecule has 1 aromatic rings. The van der Waals surface area contributed by atoms with Gasteiger partial charge in [-0.25, -0.2) is 4.79 Å². The molecule has 0 bridgehead atoms. The van der Waals surface area contributed by atoms with E-state index in [2.05, 4.69) is 4.74 Å². The number of hydrogen-bond donors (Lipinski definition) is 0. The SMILES string of the molecule is COC(=O)c1cc(C#N)cc(C(F)(F)F)c1[N+](=O)[O-]. The molecule has 0 radical (unpaired) electrons. The molecule has 9 heteroatoms. The number of alkyl halides is 3. The van der Waals surface area contributed by atoms with Gasteiger partial charge in [0.1, 0.15) is 11.1 Å². The molecule has 0 aromatic heterocycles. The molecule has 0 heterocycles. The summed E-state index contributed by atoms with van der Waals surface area (Å²) in [6.45, 7) is 0. The molecule has 0 N–H and O–H groups in total. The van der Waals surface area contributed by atoms with Crippen molar-refractivity contribution >= 4 is 11.7 Å². The Labute approximate surface area is 104 Å². The first-order valence-electron chi connectivity index (χ1n) is 4.60. The van der Waals surface area contributed by atoms with E-state index < -0.39 is 39.4 Å². The number of carbonyl (C=O) groups is 1. The van der Waals surface area contributed by atoms with Crippen molar-refractivity contribution in [2.24, 2.45) is 0 Å². The number of methoxy groups -OCH3 is 1. The van der Waals surface area contributed by atoms with Gasteiger partial charge in [-0.15, -0.1) is 0 Å². The Morgan fingerprint density at radius 1 is 1.47 bits per heavy atom. The Balaban J connectivity index is 3.77. The van der Waals surface area contributed by atoms with Gasteiger partial charge in [-0.05, 0) is 12.1 Å². The molecule has 6 nitrogen and oxygen atoms in total. The van der Waals surface area contributed by atoms with E-state index in [1.54, 1.807) is 0 Å². The highest BCUT2D eigenvalue weighted by atomic mass is 19.4. The minimum atomic E-state index is -5.07. The zero-order valence-corrected chi connectivity index (χ0v) is 9.32. The van der Waals surface area contributed by atoms with Crippen LogP contribution in [0.1, 0.15) is 21.5 Å². The first-order chi connectivity index (χ1) is 8.72. The number of nitrogens with zero attached hydrogens (tertiary/aromatic N) is 2. The molecule has 0 fully saturated rings. The van der Waals surface area contributed by atoms with E-state index in [4.69, 9.17) is 5.26 Å². The molecule has 0 aliphatic carbocycles. The van der Waals surface area contributed by atoms with Crippen LogP contribution in [0.4, 0.5) is 18.9 Å². The minimum absolute atomic E-state index is 0.310. The summed E-state index contributed by atoms with van der Waals surface area (Å²) in [5.41, 5.74) is -4.55. The van der Waals surface area contributed by atoms with E-state index in [1.165, 1.54) is 6.07 Å². The molecular formula is C10H5F3N2O4. The number of carbonyl (C=O) groups excluding carboxylic acids is 1. The fraction of sp³-hybridized carbons (Fsp3) is 0.200. The third-order valence-corrected chi connectivity index (χ3v) is 2.13. The second-order valence-corrected chi connectivity index (χ2v) is 3.28. The van der Waals surface area contributed by atoms with Crippen molar-refractivity contribution in [2.75, 3.05) is 7.11 Å². The molecule has 0 aliphatic rings. The average Bonchev–Trinajstić information content (AvgIpc) is 2.34. The first-order valence-corrected chi connectivity index (χ1v) is 4.60. The minimum Gasteiger partial charge on any atom is -0.465 e. The van der Waals surface area contributed by atoms with Crippen molar-refractivity contribution in [3.63, 3.8) is 0 Å². The standard InChI is InChI=1S/C10H5F3N2O4/c1-19-9(16)6-2-5(4-14)3-7(10(11,12)13)8(6)15(17)18/h2-3H,1H3. The number of halogens is 3. The fourth-order valence-corrected chi connectivity index (χ4v) is 1.38. The molecule has 1 rings (SSSR count). The summed E-state index contributed by atoms with van der Waals surface area (Å²) in [7, 11) is 0.859. The molecule has 0 saturated heterocycles. The molecule has 0 amide bonds. The maximum Gasteiger partial charge on any atom is 0.423 e. The smallest absolute Gasteiger partial charge is 0.423 e. The van der Waals surface area contributed by atoms with Crippen LogP contribution in [0.2, 0.25) is 0 Å². The summed E-state index contributed by atoms with van der Waals surface area (Å²) in [6.07, 6.45) is -5.07. The van der Waals surface area contributed by atoms with E-state index in [9.17, 15) is 28.1 Å². The predicted molar refractivity (Wildman–Crippen MR) is 54.2 cm³/mol. The summed E-state index contributed by atoms with van der Waals surface area (Å²) in [5.74, 6) is -1.32. The van der Waals surface area contributed by atoms with Crippen LogP contribution in [0, 0.1) is 21.4 Å². The van der Waals surface area contributed by atoms with Crippen LogP contribution in [-0.4, -0.2) is 18.0 Å². The summed E-state index contributed by atoms with van der Waals surface area (Å²) in [4.78, 5) is 20.7. The van der Waals surface area contributed by atoms with Gasteiger partial charge < -0.3 is 4.74 Å². The average molecular weight is 274 g/mol. The van der Waals surface area contributed by atoms with Crippen molar-refractivity contribution in [2.45, 2.75) is 6.18 Å². The van der Waals surface area contributed by atoms with Gasteiger partial charge in [0.15, 0.2) is 0 Å². The van der Waals surface area contributed by atoms with E-state index >= 15 is 0 Å². The molecular weight excluding hydrogens is 269 g/mol. The molecule has 100 valence electrons. The number of nitro groups is 1. The summed E-state index contributed by atoms with van der Waals surface area (Å²) in [5, 5.41) is 19.3. The zero-order valence-electron chi connectivity index (χ0n) is 9.32. The van der Waals surface area contributed by atoms with Crippen LogP contribution in [0.25, 0.3) is 0 Å². The van der Waals surface area contributed by atoms with Crippen LogP contribution in [0.3, 0.4) is 0 Å². The Morgan fingerprint density at radius 2 is 2.05 bits per heavy atom.